The van der Waals surface area contributed by atoms with Crippen molar-refractivity contribution in [2.24, 2.45) is 0 Å². The Morgan fingerprint density at radius 3 is 1.71 bits per heavy atom. The van der Waals surface area contributed by atoms with E-state index in [4.69, 9.17) is 14.4 Å². The van der Waals surface area contributed by atoms with Gasteiger partial charge in [0, 0.05) is 24.5 Å². The van der Waals surface area contributed by atoms with E-state index < -0.39 is 68.3 Å². The fourth-order valence-corrected chi connectivity index (χ4v) is 7.79. The molecule has 4 aromatic carbocycles. The summed E-state index contributed by atoms with van der Waals surface area (Å²) in [6.45, 7) is 18.8. The molecule has 0 radical (unpaired) electrons. The van der Waals surface area contributed by atoms with Gasteiger partial charge in [-0.3, -0.25) is 0 Å². The third-order valence-electron chi connectivity index (χ3n) is 8.61. The maximum absolute atomic E-state index is 14.1. The molecule has 0 bridgehead atoms. The first kappa shape index (κ1) is 38.1. The Bertz CT molecular complexity index is 1950. The predicted molar refractivity (Wildman–Crippen MR) is 186 cm³/mol. The van der Waals surface area contributed by atoms with Crippen molar-refractivity contribution in [2.75, 3.05) is 27.8 Å². The van der Waals surface area contributed by atoms with Crippen molar-refractivity contribution in [1.82, 2.24) is 0 Å². The summed E-state index contributed by atoms with van der Waals surface area (Å²) in [6.07, 6.45) is -1.25. The van der Waals surface area contributed by atoms with Gasteiger partial charge in [-0.2, -0.15) is 6.67 Å². The summed E-state index contributed by atoms with van der Waals surface area (Å²) >= 11 is -0.722. The Morgan fingerprint density at radius 2 is 1.25 bits per heavy atom. The average molecular weight is 813 g/mol. The molecular weight excluding hydrogens is 778 g/mol. The Morgan fingerprint density at radius 1 is 0.804 bits per heavy atom. The average Bonchev–Trinajstić information content (AvgIpc) is 3.52. The molecule has 1 unspecified atom stereocenters. The minimum Gasteiger partial charge on any atom is -0.502 e. The number of nitrogens with zero attached hydrogens (tertiary/aromatic N) is 3. The molecule has 0 N–H and O–H groups in total. The summed E-state index contributed by atoms with van der Waals surface area (Å²) in [6, 6.07) is 13.3. The SMILES string of the molecule is CC1Oc2c([CH]=[Ru][Cl])cccc2N(C(=O)c2c(F)c(F)c(F)c(F)c2F)C1=O.Cc1cc(C)c(N2[CH-]N(c3c(C)cc(C)cc3C)CC2)c(C)c1. The summed E-state index contributed by atoms with van der Waals surface area (Å²) in [5.74, 6) is -14.3. The summed E-state index contributed by atoms with van der Waals surface area (Å²) in [7, 11) is 5.74. The van der Waals surface area contributed by atoms with Crippen molar-refractivity contribution in [2.45, 2.75) is 54.6 Å². The van der Waals surface area contributed by atoms with Crippen LogP contribution in [0.5, 0.6) is 5.75 Å². The number of rotatable bonds is 4. The number of carbonyl (C=O) groups is 2. The van der Waals surface area contributed by atoms with E-state index in [-0.39, 0.29) is 11.4 Å². The van der Waals surface area contributed by atoms with Gasteiger partial charge in [0.2, 0.25) is 0 Å². The molecule has 4 aromatic rings. The molecule has 6 rings (SSSR count). The van der Waals surface area contributed by atoms with Crippen molar-refractivity contribution in [3.8, 4) is 5.75 Å². The Balaban J connectivity index is 0.000000201. The van der Waals surface area contributed by atoms with Gasteiger partial charge in [0.1, 0.15) is 0 Å². The van der Waals surface area contributed by atoms with Crippen LogP contribution in [0.2, 0.25) is 0 Å². The molecule has 1 fully saturated rings. The molecule has 0 spiro atoms. The Labute approximate surface area is 304 Å². The number of hydrogen-bond acceptors (Lipinski definition) is 5. The molecule has 51 heavy (non-hydrogen) atoms. The molecule has 0 saturated carbocycles. The quantitative estimate of drug-likeness (QED) is 0.0516. The number of halogens is 6. The van der Waals surface area contributed by atoms with Crippen molar-refractivity contribution < 1.29 is 52.0 Å². The summed E-state index contributed by atoms with van der Waals surface area (Å²) < 4.78 is 75.5. The third-order valence-corrected chi connectivity index (χ3v) is 9.80. The number of benzene rings is 4. The first-order chi connectivity index (χ1) is 24.1. The first-order valence-electron chi connectivity index (χ1n) is 15.9. The number of anilines is 3. The van der Waals surface area contributed by atoms with Gasteiger partial charge in [-0.25, -0.2) is 0 Å². The van der Waals surface area contributed by atoms with Crippen LogP contribution in [0.1, 0.15) is 56.2 Å². The van der Waals surface area contributed by atoms with Gasteiger partial charge in [0.25, 0.3) is 0 Å². The molecule has 2 aliphatic heterocycles. The van der Waals surface area contributed by atoms with Crippen LogP contribution >= 0.6 is 9.69 Å². The van der Waals surface area contributed by atoms with Gasteiger partial charge in [0.05, 0.1) is 0 Å². The minimum atomic E-state index is -2.41. The van der Waals surface area contributed by atoms with E-state index in [1.807, 2.05) is 0 Å². The molecule has 2 aliphatic rings. The number of fused-ring (bicyclic) bond motifs is 1. The van der Waals surface area contributed by atoms with Crippen molar-refractivity contribution in [3.05, 3.63) is 123 Å². The van der Waals surface area contributed by atoms with Crippen LogP contribution in [0.25, 0.3) is 0 Å². The maximum Gasteiger partial charge on any atom is 0.0146 e. The third kappa shape index (κ3) is 7.31. The van der Waals surface area contributed by atoms with Crippen LogP contribution in [0.15, 0.2) is 42.5 Å². The van der Waals surface area contributed by atoms with Crippen LogP contribution in [0, 0.1) is 77.3 Å². The molecular formula is C38H35ClF5N3O3Ru-. The molecule has 13 heteroatoms. The summed E-state index contributed by atoms with van der Waals surface area (Å²) in [5.41, 5.74) is 9.32. The van der Waals surface area contributed by atoms with Gasteiger partial charge in [-0.1, -0.05) is 35.4 Å². The number of amides is 2. The smallest absolute Gasteiger partial charge is 0.0146 e. The number of ether oxygens (including phenoxy) is 1. The second-order valence-corrected chi connectivity index (χ2v) is 14.3. The topological polar surface area (TPSA) is 53.1 Å². The van der Waals surface area contributed by atoms with Crippen molar-refractivity contribution >= 4 is 43.2 Å². The zero-order valence-electron chi connectivity index (χ0n) is 28.9. The monoisotopic (exact) mass is 813 g/mol. The molecule has 2 amide bonds. The van der Waals surface area contributed by atoms with Gasteiger partial charge in [-0.05, 0) is 63.8 Å². The van der Waals surface area contributed by atoms with Gasteiger partial charge in [-0.15, -0.1) is 0 Å². The van der Waals surface area contributed by atoms with E-state index in [0.717, 1.165) is 13.1 Å². The molecule has 271 valence electrons. The molecule has 6 nitrogen and oxygen atoms in total. The van der Waals surface area contributed by atoms with Crippen LogP contribution in [0.4, 0.5) is 39.0 Å². The van der Waals surface area contributed by atoms with Gasteiger partial charge >= 0.3 is 166 Å². The first-order valence-corrected chi connectivity index (χ1v) is 19.1. The van der Waals surface area contributed by atoms with E-state index in [2.05, 4.69) is 82.3 Å². The normalized spacial score (nSPS) is 15.7. The molecule has 0 aliphatic carbocycles. The fourth-order valence-electron chi connectivity index (χ4n) is 6.70. The zero-order valence-corrected chi connectivity index (χ0v) is 31.4. The fraction of sp³-hybridized carbons (Fsp3) is 0.263. The summed E-state index contributed by atoms with van der Waals surface area (Å²) in [4.78, 5) is 30.4. The van der Waals surface area contributed by atoms with Crippen LogP contribution < -0.4 is 19.4 Å². The Kier molecular flexibility index (Phi) is 11.4. The number of imide groups is 1. The second kappa shape index (κ2) is 15.2. The molecule has 1 saturated heterocycles. The van der Waals surface area contributed by atoms with E-state index in [1.54, 1.807) is 10.7 Å². The number of aryl methyl sites for hydroxylation is 6. The maximum atomic E-state index is 14.1. The second-order valence-electron chi connectivity index (χ2n) is 12.6. The van der Waals surface area contributed by atoms with E-state index in [1.165, 1.54) is 63.8 Å². The standard InChI is InChI=1S/C21H27N2.C17H8F5NO3.ClH.Ru/c1-14-9-16(3)20(17(4)10-14)22-7-8-23(13-22)21-18(5)11-15(2)12-19(21)6;1-6-4-3-5-8-15(6)26-7(2)16(24)23(8)17(25)9-10(18)12(20)14(22)13(21)11(9)19;;/h9-13H,7-8H2,1-6H3;1,3-5,7H,2H3;1H;/q-1;;;+1/p-1. The molecule has 2 heterocycles. The van der Waals surface area contributed by atoms with Crippen LogP contribution in [-0.4, -0.2) is 35.6 Å². The number of para-hydroxylation sites is 1. The van der Waals surface area contributed by atoms with E-state index >= 15 is 0 Å². The van der Waals surface area contributed by atoms with Crippen molar-refractivity contribution in [3.63, 3.8) is 0 Å². The van der Waals surface area contributed by atoms with Crippen molar-refractivity contribution in [1.29, 1.82) is 0 Å². The van der Waals surface area contributed by atoms with Gasteiger partial charge < -0.3 is 9.80 Å². The minimum absolute atomic E-state index is 0.0294. The van der Waals surface area contributed by atoms with Gasteiger partial charge in [0.15, 0.2) is 0 Å². The van der Waals surface area contributed by atoms with E-state index in [9.17, 15) is 31.5 Å². The number of hydrogen-bond donors (Lipinski definition) is 0. The van der Waals surface area contributed by atoms with E-state index in [0.29, 0.717) is 10.5 Å². The Hall–Kier alpha value is -4.15. The largest absolute Gasteiger partial charge is 0.502 e. The zero-order chi connectivity index (χ0) is 37.5. The number of carbonyl (C=O) groups excluding carboxylic acids is 2. The predicted octanol–water partition coefficient (Wildman–Crippen LogP) is 8.71. The van der Waals surface area contributed by atoms with Crippen LogP contribution in [0.3, 0.4) is 0 Å². The van der Waals surface area contributed by atoms with Crippen LogP contribution in [-0.2, 0) is 20.5 Å². The molecule has 1 atom stereocenters. The molecule has 0 aromatic heterocycles. The summed E-state index contributed by atoms with van der Waals surface area (Å²) in [5, 5.41) is 0.